The smallest absolute Gasteiger partial charge is 0.870 e. The number of hydrogen-bond donors (Lipinski definition) is 0. The molecule has 84 valence electrons. The minimum Gasteiger partial charge on any atom is -0.870 e. The quantitative estimate of drug-likeness (QED) is 0.319. The standard InChI is InChI=1S/C8H13O4S.Na.H2O/c1-6(9)12-7-2-4-8(5-3-7)13(10)11;;/h7-8H,2-5H2,1H3;;1H2/q-1;+1;/p-1. The van der Waals surface area contributed by atoms with Crippen molar-refractivity contribution in [3.63, 3.8) is 0 Å². The zero-order valence-electron chi connectivity index (χ0n) is 8.97. The van der Waals surface area contributed by atoms with Crippen molar-refractivity contribution in [1.82, 2.24) is 0 Å². The first-order valence-corrected chi connectivity index (χ1v) is 5.48. The van der Waals surface area contributed by atoms with Crippen LogP contribution in [0, 0.1) is 0 Å². The summed E-state index contributed by atoms with van der Waals surface area (Å²) in [5, 5.41) is -0.244. The second-order valence-electron chi connectivity index (χ2n) is 3.27. The minimum absolute atomic E-state index is 0. The molecule has 1 N–H and O–H groups in total. The summed E-state index contributed by atoms with van der Waals surface area (Å²) in [6.07, 6.45) is 2.47. The Morgan fingerprint density at radius 1 is 1.20 bits per heavy atom. The first-order chi connectivity index (χ1) is 6.09. The molecular formula is C8H14NaO5S-. The minimum atomic E-state index is -1.97. The van der Waals surface area contributed by atoms with Crippen LogP contribution in [0.15, 0.2) is 0 Å². The van der Waals surface area contributed by atoms with E-state index in [0.717, 1.165) is 0 Å². The maximum absolute atomic E-state index is 10.6. The zero-order valence-corrected chi connectivity index (χ0v) is 11.8. The molecule has 0 aromatic rings. The third-order valence-corrected chi connectivity index (χ3v) is 3.24. The van der Waals surface area contributed by atoms with Gasteiger partial charge in [0.25, 0.3) is 0 Å². The van der Waals surface area contributed by atoms with Gasteiger partial charge in [0.05, 0.1) is 0 Å². The number of rotatable bonds is 2. The molecule has 0 aromatic carbocycles. The molecule has 5 nitrogen and oxygen atoms in total. The van der Waals surface area contributed by atoms with Crippen molar-refractivity contribution in [2.45, 2.75) is 44.0 Å². The van der Waals surface area contributed by atoms with Crippen LogP contribution >= 0.6 is 0 Å². The van der Waals surface area contributed by atoms with Gasteiger partial charge in [-0.3, -0.25) is 4.79 Å². The third-order valence-electron chi connectivity index (χ3n) is 2.23. The second-order valence-corrected chi connectivity index (χ2v) is 4.46. The van der Waals surface area contributed by atoms with Crippen LogP contribution in [0.1, 0.15) is 32.6 Å². The largest absolute Gasteiger partial charge is 1.00 e. The van der Waals surface area contributed by atoms with Crippen LogP contribution in [0.4, 0.5) is 0 Å². The van der Waals surface area contributed by atoms with E-state index >= 15 is 0 Å². The van der Waals surface area contributed by atoms with Gasteiger partial charge in [-0.25, -0.2) is 0 Å². The maximum atomic E-state index is 10.6. The second kappa shape index (κ2) is 8.52. The van der Waals surface area contributed by atoms with Crippen molar-refractivity contribution < 1.29 is 53.0 Å². The average molecular weight is 245 g/mol. The summed E-state index contributed by atoms with van der Waals surface area (Å²) in [4.78, 5) is 10.6. The Balaban J connectivity index is 0. The summed E-state index contributed by atoms with van der Waals surface area (Å²) in [5.41, 5.74) is 0. The Hall–Kier alpha value is 0.380. The fourth-order valence-corrected chi connectivity index (χ4v) is 2.23. The van der Waals surface area contributed by atoms with E-state index < -0.39 is 10.7 Å². The number of carbonyl (C=O) groups is 1. The Kier molecular flexibility index (Phi) is 10.1. The molecule has 0 radical (unpaired) electrons. The molecule has 0 heterocycles. The third kappa shape index (κ3) is 6.52. The van der Waals surface area contributed by atoms with Crippen molar-refractivity contribution in [2.75, 3.05) is 0 Å². The van der Waals surface area contributed by atoms with Gasteiger partial charge in [0.15, 0.2) is 0 Å². The predicted octanol–water partition coefficient (Wildman–Crippen LogP) is -2.00. The van der Waals surface area contributed by atoms with Crippen molar-refractivity contribution in [1.29, 1.82) is 0 Å². The van der Waals surface area contributed by atoms with E-state index in [1.807, 2.05) is 0 Å². The van der Waals surface area contributed by atoms with Crippen LogP contribution in [-0.4, -0.2) is 22.8 Å². The molecule has 15 heavy (non-hydrogen) atoms. The summed E-state index contributed by atoms with van der Waals surface area (Å²) in [7, 11) is -1.97. The first-order valence-electron chi connectivity index (χ1n) is 4.35. The molecule has 0 bridgehead atoms. The van der Waals surface area contributed by atoms with E-state index in [0.29, 0.717) is 25.7 Å². The molecule has 1 saturated carbocycles. The average Bonchev–Trinajstić information content (AvgIpc) is 2.04. The maximum Gasteiger partial charge on any atom is 1.00 e. The summed E-state index contributed by atoms with van der Waals surface area (Å²) in [6, 6.07) is 0. The van der Waals surface area contributed by atoms with Gasteiger partial charge in [-0.15, -0.1) is 0 Å². The monoisotopic (exact) mass is 245 g/mol. The summed E-state index contributed by atoms with van der Waals surface area (Å²) >= 11 is 0. The fraction of sp³-hybridized carbons (Fsp3) is 0.875. The number of ether oxygens (including phenoxy) is 1. The van der Waals surface area contributed by atoms with Crippen molar-refractivity contribution in [3.8, 4) is 0 Å². The molecule has 0 spiro atoms. The van der Waals surface area contributed by atoms with Crippen molar-refractivity contribution in [3.05, 3.63) is 0 Å². The molecule has 7 heteroatoms. The van der Waals surface area contributed by atoms with Gasteiger partial charge in [0, 0.05) is 6.92 Å². The van der Waals surface area contributed by atoms with E-state index in [1.165, 1.54) is 6.92 Å². The van der Waals surface area contributed by atoms with E-state index in [1.54, 1.807) is 0 Å². The van der Waals surface area contributed by atoms with Gasteiger partial charge in [0.1, 0.15) is 6.10 Å². The van der Waals surface area contributed by atoms with Gasteiger partial charge in [-0.05, 0) is 12.8 Å². The van der Waals surface area contributed by atoms with Gasteiger partial charge >= 0.3 is 35.5 Å². The zero-order chi connectivity index (χ0) is 9.84. The molecule has 0 saturated heterocycles. The Bertz CT molecular complexity index is 250. The molecule has 1 fully saturated rings. The number of carbonyl (C=O) groups excluding carboxylic acids is 1. The molecule has 1 aliphatic rings. The van der Waals surface area contributed by atoms with Crippen LogP contribution < -0.4 is 29.6 Å². The van der Waals surface area contributed by atoms with Crippen LogP contribution in [0.25, 0.3) is 0 Å². The van der Waals surface area contributed by atoms with Crippen LogP contribution in [0.2, 0.25) is 0 Å². The SMILES string of the molecule is CC(=O)OC1CCC([S-](=O)=O)CC1.[Na+].[OH-]. The van der Waals surface area contributed by atoms with Crippen LogP contribution in [0.3, 0.4) is 0 Å². The number of esters is 1. The van der Waals surface area contributed by atoms with Crippen LogP contribution in [0.5, 0.6) is 0 Å². The topological polar surface area (TPSA) is 90.4 Å². The molecule has 1 aliphatic carbocycles. The Morgan fingerprint density at radius 3 is 2.00 bits per heavy atom. The number of hydrogen-bond acceptors (Lipinski definition) is 6. The molecule has 0 unspecified atom stereocenters. The predicted molar refractivity (Wildman–Crippen MR) is 48.5 cm³/mol. The Morgan fingerprint density at radius 2 is 1.67 bits per heavy atom. The molecule has 0 aliphatic heterocycles. The molecule has 0 atom stereocenters. The van der Waals surface area contributed by atoms with E-state index in [4.69, 9.17) is 4.74 Å². The van der Waals surface area contributed by atoms with Gasteiger partial charge < -0.3 is 18.6 Å². The molecular weight excluding hydrogens is 231 g/mol. The van der Waals surface area contributed by atoms with Crippen LogP contribution in [-0.2, 0) is 28.7 Å². The van der Waals surface area contributed by atoms with Crippen molar-refractivity contribution >= 4 is 16.7 Å². The molecule has 1 rings (SSSR count). The van der Waals surface area contributed by atoms with Gasteiger partial charge in [-0.2, -0.15) is 0 Å². The molecule has 0 aromatic heterocycles. The van der Waals surface area contributed by atoms with E-state index in [9.17, 15) is 13.2 Å². The van der Waals surface area contributed by atoms with Gasteiger partial charge in [-0.1, -0.05) is 28.8 Å². The first kappa shape index (κ1) is 17.8. The van der Waals surface area contributed by atoms with E-state index in [2.05, 4.69) is 0 Å². The normalized spacial score (nSPS) is 24.9. The molecule has 0 amide bonds. The summed E-state index contributed by atoms with van der Waals surface area (Å²) < 4.78 is 26.1. The van der Waals surface area contributed by atoms with Gasteiger partial charge in [0.2, 0.25) is 0 Å². The van der Waals surface area contributed by atoms with E-state index in [-0.39, 0.29) is 52.4 Å². The fourth-order valence-electron chi connectivity index (χ4n) is 1.58. The summed E-state index contributed by atoms with van der Waals surface area (Å²) in [6.45, 7) is 1.37. The summed E-state index contributed by atoms with van der Waals surface area (Å²) in [5.74, 6) is -0.285. The Labute approximate surface area is 113 Å². The van der Waals surface area contributed by atoms with Crippen molar-refractivity contribution in [2.24, 2.45) is 0 Å².